The predicted octanol–water partition coefficient (Wildman–Crippen LogP) is 2.02. The predicted molar refractivity (Wildman–Crippen MR) is 76.0 cm³/mol. The van der Waals surface area contributed by atoms with E-state index in [0.29, 0.717) is 18.0 Å². The third-order valence-corrected chi connectivity index (χ3v) is 5.34. The van der Waals surface area contributed by atoms with Gasteiger partial charge in [0.25, 0.3) is 10.0 Å². The van der Waals surface area contributed by atoms with Crippen molar-refractivity contribution < 1.29 is 13.2 Å². The number of nitrogens with two attached hydrogens (primary N) is 1. The summed E-state index contributed by atoms with van der Waals surface area (Å²) >= 11 is 1.15. The van der Waals surface area contributed by atoms with Gasteiger partial charge in [0, 0.05) is 12.2 Å². The average molecular weight is 298 g/mol. The molecule has 1 aromatic carbocycles. The lowest BCUT2D eigenvalue weighted by atomic mass is 10.3. The first kappa shape index (κ1) is 13.9. The lowest BCUT2D eigenvalue weighted by molar-refractivity contribution is 0.415. The normalized spacial score (nSPS) is 11.3. The fourth-order valence-corrected chi connectivity index (χ4v) is 3.75. The Bertz CT molecular complexity index is 648. The Labute approximate surface area is 116 Å². The van der Waals surface area contributed by atoms with Crippen LogP contribution in [0.15, 0.2) is 39.9 Å². The van der Waals surface area contributed by atoms with E-state index in [0.717, 1.165) is 16.9 Å². The van der Waals surface area contributed by atoms with Gasteiger partial charge >= 0.3 is 0 Å². The lowest BCUT2D eigenvalue weighted by Crippen LogP contribution is -2.11. The molecule has 0 aliphatic rings. The van der Waals surface area contributed by atoms with E-state index >= 15 is 0 Å². The van der Waals surface area contributed by atoms with Crippen molar-refractivity contribution in [3.63, 3.8) is 0 Å². The fraction of sp³-hybridized carbons (Fsp3) is 0.167. The highest BCUT2D eigenvalue weighted by Crippen LogP contribution is 2.23. The van der Waals surface area contributed by atoms with Gasteiger partial charge in [0.1, 0.15) is 9.96 Å². The number of benzene rings is 1. The smallest absolute Gasteiger partial charge is 0.271 e. The van der Waals surface area contributed by atoms with Crippen LogP contribution in [0.1, 0.15) is 5.56 Å². The van der Waals surface area contributed by atoms with Gasteiger partial charge in [0.05, 0.1) is 7.11 Å². The maximum atomic E-state index is 12.1. The molecule has 2 aromatic rings. The molecule has 0 atom stereocenters. The van der Waals surface area contributed by atoms with E-state index in [2.05, 4.69) is 4.72 Å². The molecule has 5 nitrogen and oxygen atoms in total. The van der Waals surface area contributed by atoms with E-state index in [4.69, 9.17) is 10.5 Å². The average Bonchev–Trinajstić information content (AvgIpc) is 2.89. The van der Waals surface area contributed by atoms with E-state index in [1.807, 2.05) is 0 Å². The van der Waals surface area contributed by atoms with Gasteiger partial charge in [-0.2, -0.15) is 0 Å². The van der Waals surface area contributed by atoms with Gasteiger partial charge in [-0.25, -0.2) is 8.42 Å². The Balaban J connectivity index is 2.20. The van der Waals surface area contributed by atoms with Crippen LogP contribution in [-0.2, 0) is 16.6 Å². The van der Waals surface area contributed by atoms with Crippen LogP contribution >= 0.6 is 11.3 Å². The monoisotopic (exact) mass is 298 g/mol. The van der Waals surface area contributed by atoms with E-state index in [1.165, 1.54) is 0 Å². The number of rotatable bonds is 5. The van der Waals surface area contributed by atoms with Crippen LogP contribution in [0, 0.1) is 0 Å². The van der Waals surface area contributed by atoms with E-state index in [-0.39, 0.29) is 4.21 Å². The van der Waals surface area contributed by atoms with Gasteiger partial charge < -0.3 is 10.5 Å². The zero-order chi connectivity index (χ0) is 13.9. The maximum Gasteiger partial charge on any atom is 0.271 e. The van der Waals surface area contributed by atoms with Gasteiger partial charge in [-0.15, -0.1) is 11.3 Å². The van der Waals surface area contributed by atoms with Crippen LogP contribution in [0.2, 0.25) is 0 Å². The summed E-state index contributed by atoms with van der Waals surface area (Å²) in [5, 5.41) is 1.74. The van der Waals surface area contributed by atoms with Crippen molar-refractivity contribution in [3.05, 3.63) is 41.3 Å². The first-order valence-electron chi connectivity index (χ1n) is 5.49. The molecule has 102 valence electrons. The molecular weight excluding hydrogens is 284 g/mol. The maximum absolute atomic E-state index is 12.1. The molecule has 0 unspecified atom stereocenters. The fourth-order valence-electron chi connectivity index (χ4n) is 1.47. The number of sulfonamides is 1. The molecule has 0 aliphatic heterocycles. The number of anilines is 1. The van der Waals surface area contributed by atoms with Crippen LogP contribution in [0.3, 0.4) is 0 Å². The molecule has 0 saturated heterocycles. The zero-order valence-corrected chi connectivity index (χ0v) is 11.9. The summed E-state index contributed by atoms with van der Waals surface area (Å²) in [6.45, 7) is 0.328. The number of nitrogens with one attached hydrogen (secondary N) is 1. The SMILES string of the molecule is COc1ccc(NS(=O)(=O)c2cc(CN)cs2)cc1. The zero-order valence-electron chi connectivity index (χ0n) is 10.3. The molecule has 1 heterocycles. The van der Waals surface area contributed by atoms with Crippen molar-refractivity contribution in [1.29, 1.82) is 0 Å². The minimum absolute atomic E-state index is 0.253. The molecule has 1 aromatic heterocycles. The third-order valence-electron chi connectivity index (χ3n) is 2.47. The van der Waals surface area contributed by atoms with Crippen molar-refractivity contribution in [2.75, 3.05) is 11.8 Å². The summed E-state index contributed by atoms with van der Waals surface area (Å²) in [5.74, 6) is 0.671. The minimum Gasteiger partial charge on any atom is -0.497 e. The minimum atomic E-state index is -3.55. The quantitative estimate of drug-likeness (QED) is 0.885. The van der Waals surface area contributed by atoms with Crippen molar-refractivity contribution >= 4 is 27.0 Å². The molecule has 0 spiro atoms. The van der Waals surface area contributed by atoms with E-state index in [9.17, 15) is 8.42 Å². The van der Waals surface area contributed by atoms with E-state index in [1.54, 1.807) is 42.8 Å². The van der Waals surface area contributed by atoms with Gasteiger partial charge in [0.15, 0.2) is 0 Å². The molecular formula is C12H14N2O3S2. The van der Waals surface area contributed by atoms with E-state index < -0.39 is 10.0 Å². The van der Waals surface area contributed by atoms with Gasteiger partial charge in [-0.3, -0.25) is 4.72 Å². The summed E-state index contributed by atoms with van der Waals surface area (Å²) in [6, 6.07) is 8.26. The van der Waals surface area contributed by atoms with Crippen LogP contribution in [0.4, 0.5) is 5.69 Å². The van der Waals surface area contributed by atoms with Crippen molar-refractivity contribution in [2.24, 2.45) is 5.73 Å². The summed E-state index contributed by atoms with van der Waals surface area (Å²) in [5.41, 5.74) is 6.76. The van der Waals surface area contributed by atoms with Crippen LogP contribution < -0.4 is 15.2 Å². The Morgan fingerprint density at radius 3 is 2.53 bits per heavy atom. The highest BCUT2D eigenvalue weighted by Gasteiger charge is 2.16. The second-order valence-electron chi connectivity index (χ2n) is 3.81. The topological polar surface area (TPSA) is 81.4 Å². The Morgan fingerprint density at radius 1 is 1.32 bits per heavy atom. The number of thiophene rings is 1. The second-order valence-corrected chi connectivity index (χ2v) is 6.63. The largest absolute Gasteiger partial charge is 0.497 e. The number of hydrogen-bond donors (Lipinski definition) is 2. The molecule has 0 radical (unpaired) electrons. The van der Waals surface area contributed by atoms with Crippen molar-refractivity contribution in [2.45, 2.75) is 10.8 Å². The highest BCUT2D eigenvalue weighted by atomic mass is 32.2. The number of hydrogen-bond acceptors (Lipinski definition) is 5. The van der Waals surface area contributed by atoms with Gasteiger partial charge in [0.2, 0.25) is 0 Å². The van der Waals surface area contributed by atoms with Gasteiger partial charge in [-0.05, 0) is 41.3 Å². The Morgan fingerprint density at radius 2 is 2.00 bits per heavy atom. The first-order valence-corrected chi connectivity index (χ1v) is 7.86. The molecule has 0 saturated carbocycles. The Kier molecular flexibility index (Phi) is 4.08. The third kappa shape index (κ3) is 3.25. The highest BCUT2D eigenvalue weighted by molar-refractivity contribution is 7.94. The van der Waals surface area contributed by atoms with Crippen molar-refractivity contribution in [3.8, 4) is 5.75 Å². The summed E-state index contributed by atoms with van der Waals surface area (Å²) in [4.78, 5) is 0. The number of methoxy groups -OCH3 is 1. The molecule has 0 bridgehead atoms. The van der Waals surface area contributed by atoms with Crippen LogP contribution in [0.25, 0.3) is 0 Å². The Hall–Kier alpha value is -1.57. The van der Waals surface area contributed by atoms with Crippen molar-refractivity contribution in [1.82, 2.24) is 0 Å². The lowest BCUT2D eigenvalue weighted by Gasteiger charge is -2.06. The van der Waals surface area contributed by atoms with Crippen LogP contribution in [-0.4, -0.2) is 15.5 Å². The number of ether oxygens (including phenoxy) is 1. The molecule has 0 amide bonds. The molecule has 7 heteroatoms. The molecule has 0 aliphatic carbocycles. The molecule has 0 fully saturated rings. The van der Waals surface area contributed by atoms with Crippen LogP contribution in [0.5, 0.6) is 5.75 Å². The molecule has 3 N–H and O–H groups in total. The molecule has 19 heavy (non-hydrogen) atoms. The standard InChI is InChI=1S/C12H14N2O3S2/c1-17-11-4-2-10(3-5-11)14-19(15,16)12-6-9(7-13)8-18-12/h2-6,8,14H,7,13H2,1H3. The first-order chi connectivity index (χ1) is 9.05. The second kappa shape index (κ2) is 5.60. The van der Waals surface area contributed by atoms with Gasteiger partial charge in [-0.1, -0.05) is 0 Å². The molecule has 2 rings (SSSR count). The summed E-state index contributed by atoms with van der Waals surface area (Å²) in [7, 11) is -2.00. The summed E-state index contributed by atoms with van der Waals surface area (Å²) in [6.07, 6.45) is 0. The summed E-state index contributed by atoms with van der Waals surface area (Å²) < 4.78 is 32.0.